The number of nitrogens with zero attached hydrogens (tertiary/aromatic N) is 3. The summed E-state index contributed by atoms with van der Waals surface area (Å²) in [5.74, 6) is 0.974. The maximum Gasteiger partial charge on any atom is 0.255 e. The van der Waals surface area contributed by atoms with Crippen LogP contribution in [0.15, 0.2) is 51.2 Å². The number of benzene rings is 1. The van der Waals surface area contributed by atoms with Crippen molar-refractivity contribution in [3.8, 4) is 10.7 Å². The number of hydrogen-bond donors (Lipinski definition) is 0. The van der Waals surface area contributed by atoms with Crippen LogP contribution in [0.5, 0.6) is 0 Å². The van der Waals surface area contributed by atoms with Gasteiger partial charge in [-0.2, -0.15) is 4.98 Å². The number of aromatic nitrogens is 2. The van der Waals surface area contributed by atoms with Gasteiger partial charge in [0.05, 0.1) is 10.4 Å². The Bertz CT molecular complexity index is 815. The van der Waals surface area contributed by atoms with Gasteiger partial charge in [0.15, 0.2) is 0 Å². The summed E-state index contributed by atoms with van der Waals surface area (Å²) in [4.78, 5) is 20.8. The highest BCUT2D eigenvalue weighted by molar-refractivity contribution is 7.98. The predicted octanol–water partition coefficient (Wildman–Crippen LogP) is 4.18. The second-order valence-electron chi connectivity index (χ2n) is 5.01. The molecule has 1 amide bonds. The first-order chi connectivity index (χ1) is 11.7. The van der Waals surface area contributed by atoms with Crippen LogP contribution in [0.1, 0.15) is 23.2 Å². The number of thiophene rings is 1. The molecule has 2 heterocycles. The summed E-state index contributed by atoms with van der Waals surface area (Å²) in [6.07, 6.45) is 1.97. The highest BCUT2D eigenvalue weighted by Crippen LogP contribution is 2.23. The molecule has 0 N–H and O–H groups in total. The second-order valence-corrected chi connectivity index (χ2v) is 6.80. The molecule has 0 aliphatic carbocycles. The lowest BCUT2D eigenvalue weighted by atomic mass is 10.2. The zero-order valence-electron chi connectivity index (χ0n) is 13.4. The minimum absolute atomic E-state index is 0.0293. The fourth-order valence-corrected chi connectivity index (χ4v) is 3.55. The van der Waals surface area contributed by atoms with E-state index in [4.69, 9.17) is 4.52 Å². The fourth-order valence-electron chi connectivity index (χ4n) is 2.31. The van der Waals surface area contributed by atoms with Crippen molar-refractivity contribution in [2.24, 2.45) is 0 Å². The molecule has 2 aromatic heterocycles. The topological polar surface area (TPSA) is 59.2 Å². The Morgan fingerprint density at radius 3 is 2.83 bits per heavy atom. The number of carbonyl (C=O) groups is 1. The summed E-state index contributed by atoms with van der Waals surface area (Å²) >= 11 is 3.12. The van der Waals surface area contributed by atoms with Gasteiger partial charge in [-0.3, -0.25) is 4.79 Å². The first kappa shape index (κ1) is 16.7. The van der Waals surface area contributed by atoms with Crippen LogP contribution < -0.4 is 0 Å². The van der Waals surface area contributed by atoms with E-state index in [1.54, 1.807) is 28.0 Å². The van der Waals surface area contributed by atoms with Crippen LogP contribution in [0.2, 0.25) is 0 Å². The zero-order valence-corrected chi connectivity index (χ0v) is 15.1. The van der Waals surface area contributed by atoms with Crippen molar-refractivity contribution in [1.29, 1.82) is 0 Å². The van der Waals surface area contributed by atoms with Crippen molar-refractivity contribution in [2.75, 3.05) is 12.8 Å². The molecule has 0 fully saturated rings. The third kappa shape index (κ3) is 3.52. The summed E-state index contributed by atoms with van der Waals surface area (Å²) in [6, 6.07) is 11.5. The van der Waals surface area contributed by atoms with Crippen LogP contribution >= 0.6 is 23.1 Å². The van der Waals surface area contributed by atoms with Crippen LogP contribution in [0.3, 0.4) is 0 Å². The molecule has 0 aliphatic rings. The van der Waals surface area contributed by atoms with Crippen molar-refractivity contribution in [3.05, 3.63) is 53.2 Å². The van der Waals surface area contributed by atoms with Gasteiger partial charge in [0.1, 0.15) is 6.54 Å². The molecule has 0 unspecified atom stereocenters. The molecular weight excluding hydrogens is 342 g/mol. The Morgan fingerprint density at radius 1 is 1.29 bits per heavy atom. The third-order valence-corrected chi connectivity index (χ3v) is 5.20. The Balaban J connectivity index is 1.78. The Hall–Kier alpha value is -2.12. The van der Waals surface area contributed by atoms with E-state index in [0.717, 1.165) is 9.77 Å². The van der Waals surface area contributed by atoms with Crippen molar-refractivity contribution in [2.45, 2.75) is 18.4 Å². The zero-order chi connectivity index (χ0) is 16.9. The quantitative estimate of drug-likeness (QED) is 0.618. The standard InChI is InChI=1S/C17H17N3O2S2/c1-3-20(17(21)12-7-4-5-8-13(12)23-2)11-15-18-16(19-22-15)14-9-6-10-24-14/h4-10H,3,11H2,1-2H3. The van der Waals surface area contributed by atoms with E-state index in [2.05, 4.69) is 10.1 Å². The molecule has 0 atom stereocenters. The molecule has 0 aliphatic heterocycles. The number of hydrogen-bond acceptors (Lipinski definition) is 6. The first-order valence-electron chi connectivity index (χ1n) is 7.51. The van der Waals surface area contributed by atoms with Crippen molar-refractivity contribution < 1.29 is 9.32 Å². The molecular formula is C17H17N3O2S2. The summed E-state index contributed by atoms with van der Waals surface area (Å²) in [5, 5.41) is 5.96. The van der Waals surface area contributed by atoms with E-state index >= 15 is 0 Å². The molecule has 3 rings (SSSR count). The normalized spacial score (nSPS) is 10.8. The number of thioether (sulfide) groups is 1. The SMILES string of the molecule is CCN(Cc1nc(-c2cccs2)no1)C(=O)c1ccccc1SC. The second kappa shape index (κ2) is 7.63. The summed E-state index contributed by atoms with van der Waals surface area (Å²) in [7, 11) is 0. The number of amides is 1. The Morgan fingerprint density at radius 2 is 2.12 bits per heavy atom. The minimum Gasteiger partial charge on any atom is -0.337 e. The van der Waals surface area contributed by atoms with Crippen molar-refractivity contribution in [1.82, 2.24) is 15.0 Å². The van der Waals surface area contributed by atoms with Gasteiger partial charge in [-0.15, -0.1) is 23.1 Å². The van der Waals surface area contributed by atoms with E-state index in [1.165, 1.54) is 0 Å². The van der Waals surface area contributed by atoms with Gasteiger partial charge in [-0.25, -0.2) is 0 Å². The monoisotopic (exact) mass is 359 g/mol. The van der Waals surface area contributed by atoms with Crippen LogP contribution in [0.4, 0.5) is 0 Å². The molecule has 0 saturated carbocycles. The molecule has 124 valence electrons. The lowest BCUT2D eigenvalue weighted by molar-refractivity contribution is 0.0731. The van der Waals surface area contributed by atoms with Crippen LogP contribution in [0, 0.1) is 0 Å². The van der Waals surface area contributed by atoms with Gasteiger partial charge in [-0.05, 0) is 36.8 Å². The molecule has 0 radical (unpaired) electrons. The van der Waals surface area contributed by atoms with Crippen LogP contribution in [0.25, 0.3) is 10.7 Å². The molecule has 24 heavy (non-hydrogen) atoms. The van der Waals surface area contributed by atoms with E-state index in [-0.39, 0.29) is 5.91 Å². The molecule has 5 nitrogen and oxygen atoms in total. The van der Waals surface area contributed by atoms with Gasteiger partial charge in [0.25, 0.3) is 5.91 Å². The highest BCUT2D eigenvalue weighted by atomic mass is 32.2. The average Bonchev–Trinajstić information content (AvgIpc) is 3.30. The molecule has 7 heteroatoms. The van der Waals surface area contributed by atoms with Gasteiger partial charge >= 0.3 is 0 Å². The van der Waals surface area contributed by atoms with Crippen LogP contribution in [-0.4, -0.2) is 33.7 Å². The first-order valence-corrected chi connectivity index (χ1v) is 9.62. The smallest absolute Gasteiger partial charge is 0.255 e. The lowest BCUT2D eigenvalue weighted by Gasteiger charge is -2.20. The fraction of sp³-hybridized carbons (Fsp3) is 0.235. The van der Waals surface area contributed by atoms with Gasteiger partial charge in [0.2, 0.25) is 11.7 Å². The largest absolute Gasteiger partial charge is 0.337 e. The number of carbonyl (C=O) groups excluding carboxylic acids is 1. The van der Waals surface area contributed by atoms with E-state index in [9.17, 15) is 4.79 Å². The highest BCUT2D eigenvalue weighted by Gasteiger charge is 2.20. The van der Waals surface area contributed by atoms with Gasteiger partial charge in [0, 0.05) is 11.4 Å². The Labute approximate surface area is 148 Å². The van der Waals surface area contributed by atoms with Gasteiger partial charge in [-0.1, -0.05) is 23.4 Å². The maximum absolute atomic E-state index is 12.8. The Kier molecular flexibility index (Phi) is 5.32. The van der Waals surface area contributed by atoms with E-state index in [1.807, 2.05) is 55.0 Å². The molecule has 0 saturated heterocycles. The minimum atomic E-state index is -0.0293. The average molecular weight is 359 g/mol. The summed E-state index contributed by atoms with van der Waals surface area (Å²) < 4.78 is 5.31. The molecule has 0 spiro atoms. The van der Waals surface area contributed by atoms with E-state index < -0.39 is 0 Å². The predicted molar refractivity (Wildman–Crippen MR) is 96.2 cm³/mol. The summed E-state index contributed by atoms with van der Waals surface area (Å²) in [5.41, 5.74) is 0.699. The summed E-state index contributed by atoms with van der Waals surface area (Å²) in [6.45, 7) is 2.81. The third-order valence-electron chi connectivity index (χ3n) is 3.54. The molecule has 0 bridgehead atoms. The van der Waals surface area contributed by atoms with Crippen LogP contribution in [-0.2, 0) is 6.54 Å². The van der Waals surface area contributed by atoms with Crippen molar-refractivity contribution in [3.63, 3.8) is 0 Å². The lowest BCUT2D eigenvalue weighted by Crippen LogP contribution is -2.30. The van der Waals surface area contributed by atoms with Gasteiger partial charge < -0.3 is 9.42 Å². The number of rotatable bonds is 6. The maximum atomic E-state index is 12.8. The van der Waals surface area contributed by atoms with Crippen molar-refractivity contribution >= 4 is 29.0 Å². The molecule has 1 aromatic carbocycles. The van der Waals surface area contributed by atoms with E-state index in [0.29, 0.717) is 30.4 Å². The molecule has 3 aromatic rings.